The minimum absolute atomic E-state index is 0.0902. The van der Waals surface area contributed by atoms with E-state index in [1.54, 1.807) is 6.08 Å². The van der Waals surface area contributed by atoms with Crippen molar-refractivity contribution < 1.29 is 9.59 Å². The van der Waals surface area contributed by atoms with Crippen LogP contribution in [0.5, 0.6) is 0 Å². The van der Waals surface area contributed by atoms with E-state index in [-0.39, 0.29) is 22.8 Å². The fourth-order valence-corrected chi connectivity index (χ4v) is 2.47. The average molecular weight is 268 g/mol. The highest BCUT2D eigenvalue weighted by Crippen LogP contribution is 2.36. The Morgan fingerprint density at radius 1 is 1.33 bits per heavy atom. The molecule has 1 aliphatic rings. The molecule has 0 spiro atoms. The molecule has 1 saturated heterocycles. The van der Waals surface area contributed by atoms with Crippen LogP contribution in [0.1, 0.15) is 39.5 Å². The molecule has 0 radical (unpaired) electrons. The van der Waals surface area contributed by atoms with Crippen LogP contribution in [0.3, 0.4) is 0 Å². The summed E-state index contributed by atoms with van der Waals surface area (Å²) in [5.74, 6) is -0.836. The molecule has 0 bridgehead atoms. The highest BCUT2D eigenvalue weighted by Gasteiger charge is 2.51. The van der Waals surface area contributed by atoms with Gasteiger partial charge in [-0.05, 0) is 24.6 Å². The van der Waals surface area contributed by atoms with Crippen LogP contribution in [0, 0.1) is 11.3 Å². The van der Waals surface area contributed by atoms with Crippen molar-refractivity contribution in [3.8, 4) is 0 Å². The fraction of sp³-hybridized carbons (Fsp3) is 0.615. The molecule has 18 heavy (non-hydrogen) atoms. The van der Waals surface area contributed by atoms with Crippen molar-refractivity contribution in [1.82, 2.24) is 10.6 Å². The molecular weight excluding hydrogens is 248 g/mol. The predicted molar refractivity (Wildman–Crippen MR) is 74.8 cm³/mol. The van der Waals surface area contributed by atoms with E-state index in [9.17, 15) is 9.59 Å². The lowest BCUT2D eigenvalue weighted by molar-refractivity contribution is -0.146. The molecule has 100 valence electrons. The molecule has 2 N–H and O–H groups in total. The molecule has 0 aromatic carbocycles. The Bertz CT molecular complexity index is 359. The van der Waals surface area contributed by atoms with Gasteiger partial charge in [0, 0.05) is 0 Å². The Hall–Kier alpha value is -1.23. The zero-order chi connectivity index (χ0) is 13.8. The quantitative estimate of drug-likeness (QED) is 0.335. The van der Waals surface area contributed by atoms with Crippen molar-refractivity contribution in [2.45, 2.75) is 39.5 Å². The number of rotatable bonds is 6. The molecule has 0 aromatic heterocycles. The second-order valence-corrected chi connectivity index (χ2v) is 5.10. The van der Waals surface area contributed by atoms with Gasteiger partial charge in [-0.25, -0.2) is 0 Å². The van der Waals surface area contributed by atoms with Crippen LogP contribution in [0.15, 0.2) is 12.7 Å². The van der Waals surface area contributed by atoms with Crippen molar-refractivity contribution in [2.75, 3.05) is 0 Å². The van der Waals surface area contributed by atoms with Gasteiger partial charge in [-0.15, -0.1) is 6.58 Å². The molecule has 1 atom stereocenters. The number of hydrogen-bond donors (Lipinski definition) is 2. The molecule has 1 fully saturated rings. The van der Waals surface area contributed by atoms with Crippen LogP contribution in [0.25, 0.3) is 0 Å². The van der Waals surface area contributed by atoms with Gasteiger partial charge in [0.05, 0.1) is 0 Å². The van der Waals surface area contributed by atoms with Crippen molar-refractivity contribution >= 4 is 29.1 Å². The molecule has 1 rings (SSSR count). The average Bonchev–Trinajstić information content (AvgIpc) is 2.32. The number of amides is 2. The van der Waals surface area contributed by atoms with E-state index in [1.165, 1.54) is 0 Å². The maximum Gasteiger partial charge on any atom is 0.242 e. The summed E-state index contributed by atoms with van der Waals surface area (Å²) in [6.07, 6.45) is 5.05. The zero-order valence-corrected chi connectivity index (χ0v) is 11.7. The Labute approximate surface area is 113 Å². The van der Waals surface area contributed by atoms with E-state index in [0.717, 1.165) is 19.3 Å². The lowest BCUT2D eigenvalue weighted by atomic mass is 9.70. The first-order chi connectivity index (χ1) is 8.48. The van der Waals surface area contributed by atoms with E-state index in [1.807, 2.05) is 6.92 Å². The van der Waals surface area contributed by atoms with E-state index >= 15 is 0 Å². The molecule has 4 nitrogen and oxygen atoms in total. The van der Waals surface area contributed by atoms with Crippen LogP contribution in [0.2, 0.25) is 0 Å². The van der Waals surface area contributed by atoms with E-state index < -0.39 is 5.41 Å². The largest absolute Gasteiger partial charge is 0.302 e. The first-order valence-corrected chi connectivity index (χ1v) is 6.69. The number of unbranched alkanes of at least 4 members (excludes halogenated alkanes) is 2. The second-order valence-electron chi connectivity index (χ2n) is 4.69. The van der Waals surface area contributed by atoms with Crippen LogP contribution < -0.4 is 10.6 Å². The molecular formula is C13H20N2O2S. The molecule has 0 aliphatic carbocycles. The third kappa shape index (κ3) is 2.61. The summed E-state index contributed by atoms with van der Waals surface area (Å²) in [5.41, 5.74) is -1.07. The smallest absolute Gasteiger partial charge is 0.242 e. The van der Waals surface area contributed by atoms with Gasteiger partial charge in [-0.1, -0.05) is 39.2 Å². The fourth-order valence-electron chi connectivity index (χ4n) is 2.29. The minimum Gasteiger partial charge on any atom is -0.302 e. The second kappa shape index (κ2) is 6.09. The van der Waals surface area contributed by atoms with Gasteiger partial charge in [-0.2, -0.15) is 0 Å². The van der Waals surface area contributed by atoms with Gasteiger partial charge >= 0.3 is 0 Å². The van der Waals surface area contributed by atoms with Crippen molar-refractivity contribution in [1.29, 1.82) is 0 Å². The van der Waals surface area contributed by atoms with Crippen LogP contribution in [-0.4, -0.2) is 16.9 Å². The Kier molecular flexibility index (Phi) is 5.02. The molecule has 2 amide bonds. The number of hydrogen-bond acceptors (Lipinski definition) is 3. The Balaban J connectivity index is 3.01. The van der Waals surface area contributed by atoms with Gasteiger partial charge in [0.1, 0.15) is 5.41 Å². The lowest BCUT2D eigenvalue weighted by Gasteiger charge is -2.38. The van der Waals surface area contributed by atoms with Gasteiger partial charge in [-0.3, -0.25) is 9.59 Å². The highest BCUT2D eigenvalue weighted by molar-refractivity contribution is 7.80. The SMILES string of the molecule is C=CC(C)C1(CCCCC)C(=O)NC(=S)NC1=O. The first kappa shape index (κ1) is 14.8. The van der Waals surface area contributed by atoms with Gasteiger partial charge in [0.15, 0.2) is 5.11 Å². The van der Waals surface area contributed by atoms with Gasteiger partial charge < -0.3 is 10.6 Å². The monoisotopic (exact) mass is 268 g/mol. The summed E-state index contributed by atoms with van der Waals surface area (Å²) < 4.78 is 0. The third-order valence-corrected chi connectivity index (χ3v) is 3.77. The summed E-state index contributed by atoms with van der Waals surface area (Å²) >= 11 is 4.83. The predicted octanol–water partition coefficient (Wildman–Crippen LogP) is 1.91. The summed E-state index contributed by atoms with van der Waals surface area (Å²) in [6.45, 7) is 7.63. The maximum absolute atomic E-state index is 12.2. The summed E-state index contributed by atoms with van der Waals surface area (Å²) in [5, 5.41) is 5.20. The molecule has 0 aromatic rings. The zero-order valence-electron chi connectivity index (χ0n) is 10.9. The number of carbonyl (C=O) groups excluding carboxylic acids is 2. The first-order valence-electron chi connectivity index (χ1n) is 6.28. The van der Waals surface area contributed by atoms with E-state index in [0.29, 0.717) is 6.42 Å². The summed E-state index contributed by atoms with van der Waals surface area (Å²) in [4.78, 5) is 24.4. The normalized spacial score (nSPS) is 20.0. The summed E-state index contributed by atoms with van der Waals surface area (Å²) in [6, 6.07) is 0. The van der Waals surface area contributed by atoms with Crippen LogP contribution in [-0.2, 0) is 9.59 Å². The van der Waals surface area contributed by atoms with Gasteiger partial charge in [0.25, 0.3) is 0 Å². The number of carbonyl (C=O) groups is 2. The van der Waals surface area contributed by atoms with Crippen molar-refractivity contribution in [3.63, 3.8) is 0 Å². The number of allylic oxidation sites excluding steroid dienone is 1. The Morgan fingerprint density at radius 2 is 1.89 bits per heavy atom. The van der Waals surface area contributed by atoms with Crippen LogP contribution >= 0.6 is 12.2 Å². The topological polar surface area (TPSA) is 58.2 Å². The van der Waals surface area contributed by atoms with Crippen molar-refractivity contribution in [3.05, 3.63) is 12.7 Å². The van der Waals surface area contributed by atoms with Gasteiger partial charge in [0.2, 0.25) is 11.8 Å². The molecule has 1 aliphatic heterocycles. The Morgan fingerprint density at radius 3 is 2.33 bits per heavy atom. The standard InChI is InChI=1S/C13H20N2O2S/c1-4-6-7-8-13(9(3)5-2)10(16)14-12(18)15-11(13)17/h5,9H,2,4,6-8H2,1,3H3,(H2,14,15,16,17,18). The number of nitrogens with one attached hydrogen (secondary N) is 2. The molecule has 5 heteroatoms. The van der Waals surface area contributed by atoms with E-state index in [2.05, 4.69) is 24.1 Å². The molecule has 1 unspecified atom stereocenters. The number of thiocarbonyl (C=S) groups is 1. The minimum atomic E-state index is -1.07. The maximum atomic E-state index is 12.2. The third-order valence-electron chi connectivity index (χ3n) is 3.57. The molecule has 0 saturated carbocycles. The lowest BCUT2D eigenvalue weighted by Crippen LogP contribution is -2.64. The van der Waals surface area contributed by atoms with E-state index in [4.69, 9.17) is 12.2 Å². The van der Waals surface area contributed by atoms with Crippen LogP contribution in [0.4, 0.5) is 0 Å². The highest BCUT2D eigenvalue weighted by atomic mass is 32.1. The molecule has 1 heterocycles. The summed E-state index contributed by atoms with van der Waals surface area (Å²) in [7, 11) is 0. The van der Waals surface area contributed by atoms with Crippen molar-refractivity contribution in [2.24, 2.45) is 11.3 Å².